The maximum atomic E-state index is 13.0. The van der Waals surface area contributed by atoms with Gasteiger partial charge in [-0.15, -0.1) is 0 Å². The largest absolute Gasteiger partial charge is 0.463 e. The summed E-state index contributed by atoms with van der Waals surface area (Å²) in [6.07, 6.45) is 8.93. The minimum atomic E-state index is -1.00. The molecule has 4 rings (SSSR count). The average molecular weight is 419 g/mol. The van der Waals surface area contributed by atoms with Gasteiger partial charge in [0.05, 0.1) is 0 Å². The normalized spacial score (nSPS) is 48.0. The maximum Gasteiger partial charge on any atom is 0.303 e. The summed E-state index contributed by atoms with van der Waals surface area (Å²) in [4.78, 5) is 36.3. The molecule has 0 spiro atoms. The predicted molar refractivity (Wildman–Crippen MR) is 112 cm³/mol. The van der Waals surface area contributed by atoms with Crippen LogP contribution in [0.1, 0.15) is 92.4 Å². The second kappa shape index (κ2) is 7.34. The molecule has 0 saturated heterocycles. The quantitative estimate of drug-likeness (QED) is 0.600. The van der Waals surface area contributed by atoms with Crippen LogP contribution >= 0.6 is 0 Å². The fraction of sp³-hybridized carbons (Fsp3) is 0.880. The average Bonchev–Trinajstić information content (AvgIpc) is 2.65. The zero-order chi connectivity index (χ0) is 21.9. The molecule has 4 aliphatic rings. The Kier molecular flexibility index (Phi) is 5.34. The number of esters is 2. The summed E-state index contributed by atoms with van der Waals surface area (Å²) in [6, 6.07) is 0. The van der Waals surface area contributed by atoms with Crippen LogP contribution in [-0.4, -0.2) is 29.4 Å². The van der Waals surface area contributed by atoms with Gasteiger partial charge in [0.25, 0.3) is 0 Å². The highest BCUT2D eigenvalue weighted by Crippen LogP contribution is 2.67. The second-order valence-electron chi connectivity index (χ2n) is 11.2. The molecule has 5 heteroatoms. The van der Waals surface area contributed by atoms with Crippen molar-refractivity contribution >= 4 is 17.7 Å². The number of carbonyl (C=O) groups is 3. The molecule has 0 aromatic carbocycles. The van der Waals surface area contributed by atoms with Crippen molar-refractivity contribution in [2.75, 3.05) is 0 Å². The molecule has 30 heavy (non-hydrogen) atoms. The zero-order valence-corrected chi connectivity index (χ0v) is 19.3. The Labute approximate surface area is 180 Å². The lowest BCUT2D eigenvalue weighted by Gasteiger charge is -2.65. The maximum absolute atomic E-state index is 13.0. The van der Waals surface area contributed by atoms with Crippen LogP contribution in [-0.2, 0) is 23.9 Å². The lowest BCUT2D eigenvalue weighted by molar-refractivity contribution is -0.215. The molecule has 0 radical (unpaired) electrons. The molecular formula is C25H38O5. The first-order chi connectivity index (χ1) is 14.0. The van der Waals surface area contributed by atoms with E-state index in [0.717, 1.165) is 38.5 Å². The molecule has 5 nitrogen and oxygen atoms in total. The Hall–Kier alpha value is -1.39. The van der Waals surface area contributed by atoms with Gasteiger partial charge in [-0.1, -0.05) is 13.8 Å². The van der Waals surface area contributed by atoms with Crippen LogP contribution in [0, 0.1) is 34.5 Å². The van der Waals surface area contributed by atoms with Crippen LogP contribution in [0.2, 0.25) is 0 Å². The van der Waals surface area contributed by atoms with Gasteiger partial charge in [-0.2, -0.15) is 0 Å². The predicted octanol–water partition coefficient (Wildman–Crippen LogP) is 4.85. The van der Waals surface area contributed by atoms with E-state index in [1.54, 1.807) is 0 Å². The third-order valence-corrected chi connectivity index (χ3v) is 9.99. The number of carbonyl (C=O) groups excluding carboxylic acids is 3. The monoisotopic (exact) mass is 418 g/mol. The van der Waals surface area contributed by atoms with Gasteiger partial charge in [0, 0.05) is 25.7 Å². The van der Waals surface area contributed by atoms with E-state index >= 15 is 0 Å². The number of ketones is 1. The minimum absolute atomic E-state index is 0.0746. The number of ether oxygens (including phenoxy) is 2. The molecule has 4 aliphatic carbocycles. The summed E-state index contributed by atoms with van der Waals surface area (Å²) in [7, 11) is 0. The number of hydrogen-bond acceptors (Lipinski definition) is 5. The Morgan fingerprint density at radius 3 is 2.30 bits per heavy atom. The molecule has 8 atom stereocenters. The number of fused-ring (bicyclic) bond motifs is 5. The molecule has 0 aromatic heterocycles. The first kappa shape index (κ1) is 21.8. The van der Waals surface area contributed by atoms with Gasteiger partial charge in [-0.25, -0.2) is 0 Å². The van der Waals surface area contributed by atoms with Gasteiger partial charge >= 0.3 is 11.9 Å². The summed E-state index contributed by atoms with van der Waals surface area (Å²) in [5.41, 5.74) is -1.01. The van der Waals surface area contributed by atoms with Gasteiger partial charge < -0.3 is 9.47 Å². The van der Waals surface area contributed by atoms with E-state index in [9.17, 15) is 14.4 Å². The van der Waals surface area contributed by atoms with Crippen LogP contribution in [0.25, 0.3) is 0 Å². The van der Waals surface area contributed by atoms with Gasteiger partial charge in [0.1, 0.15) is 6.10 Å². The lowest BCUT2D eigenvalue weighted by atomic mass is 9.41. The standard InChI is InChI=1S/C25H38O5/c1-15(26)29-18-10-12-23(3)17(14-18)6-7-19-20(23)11-13-24(4)21(19)8-9-22(28)25(24,5)30-16(2)27/h17-21H,6-14H2,1-5H3. The number of hydrogen-bond donors (Lipinski definition) is 0. The van der Waals surface area contributed by atoms with Crippen molar-refractivity contribution in [3.8, 4) is 0 Å². The highest BCUT2D eigenvalue weighted by Gasteiger charge is 2.65. The van der Waals surface area contributed by atoms with Crippen molar-refractivity contribution in [2.45, 2.75) is 104 Å². The molecule has 8 unspecified atom stereocenters. The Bertz CT molecular complexity index is 746. The van der Waals surface area contributed by atoms with Crippen LogP contribution in [0.4, 0.5) is 0 Å². The highest BCUT2D eigenvalue weighted by molar-refractivity contribution is 5.91. The van der Waals surface area contributed by atoms with E-state index in [2.05, 4.69) is 13.8 Å². The number of rotatable bonds is 2. The van der Waals surface area contributed by atoms with Crippen molar-refractivity contribution in [2.24, 2.45) is 34.5 Å². The van der Waals surface area contributed by atoms with Crippen molar-refractivity contribution < 1.29 is 23.9 Å². The van der Waals surface area contributed by atoms with Gasteiger partial charge in [-0.05, 0) is 87.4 Å². The van der Waals surface area contributed by atoms with Crippen LogP contribution in [0.15, 0.2) is 0 Å². The van der Waals surface area contributed by atoms with E-state index in [-0.39, 0.29) is 34.7 Å². The lowest BCUT2D eigenvalue weighted by Crippen LogP contribution is -2.65. The van der Waals surface area contributed by atoms with Crippen molar-refractivity contribution in [3.63, 3.8) is 0 Å². The highest BCUT2D eigenvalue weighted by atomic mass is 16.6. The van der Waals surface area contributed by atoms with E-state index in [4.69, 9.17) is 9.47 Å². The van der Waals surface area contributed by atoms with Gasteiger partial charge in [0.2, 0.25) is 0 Å². The van der Waals surface area contributed by atoms with E-state index in [1.165, 1.54) is 26.7 Å². The summed E-state index contributed by atoms with van der Waals surface area (Å²) in [5, 5.41) is 0. The molecule has 4 fully saturated rings. The molecule has 0 N–H and O–H groups in total. The van der Waals surface area contributed by atoms with Crippen LogP contribution in [0.5, 0.6) is 0 Å². The third kappa shape index (κ3) is 3.14. The smallest absolute Gasteiger partial charge is 0.303 e. The van der Waals surface area contributed by atoms with Crippen LogP contribution < -0.4 is 0 Å². The molecule has 0 aliphatic heterocycles. The summed E-state index contributed by atoms with van der Waals surface area (Å²) >= 11 is 0. The first-order valence-electron chi connectivity index (χ1n) is 11.9. The van der Waals surface area contributed by atoms with Crippen LogP contribution in [0.3, 0.4) is 0 Å². The van der Waals surface area contributed by atoms with Gasteiger partial charge in [-0.3, -0.25) is 14.4 Å². The van der Waals surface area contributed by atoms with Crippen molar-refractivity contribution in [1.82, 2.24) is 0 Å². The summed E-state index contributed by atoms with van der Waals surface area (Å²) in [5.74, 6) is 1.82. The minimum Gasteiger partial charge on any atom is -0.463 e. The number of Topliss-reactive ketones (excluding diaryl/α,β-unsaturated/α-hetero) is 1. The van der Waals surface area contributed by atoms with E-state index in [1.807, 2.05) is 6.92 Å². The van der Waals surface area contributed by atoms with E-state index < -0.39 is 5.60 Å². The molecule has 0 amide bonds. The third-order valence-electron chi connectivity index (χ3n) is 9.99. The SMILES string of the molecule is CC(=O)OC1CCC2(C)C(CCC3C2CCC2(C)C3CCC(=O)C2(C)OC(C)=O)C1. The molecule has 0 heterocycles. The first-order valence-corrected chi connectivity index (χ1v) is 11.9. The van der Waals surface area contributed by atoms with E-state index in [0.29, 0.717) is 30.1 Å². The fourth-order valence-electron chi connectivity index (χ4n) is 8.31. The Balaban J connectivity index is 1.59. The second-order valence-corrected chi connectivity index (χ2v) is 11.2. The van der Waals surface area contributed by atoms with Crippen molar-refractivity contribution in [1.29, 1.82) is 0 Å². The molecule has 4 saturated carbocycles. The zero-order valence-electron chi connectivity index (χ0n) is 19.3. The Morgan fingerprint density at radius 1 is 0.900 bits per heavy atom. The summed E-state index contributed by atoms with van der Waals surface area (Å²) in [6.45, 7) is 9.49. The molecule has 0 aromatic rings. The summed E-state index contributed by atoms with van der Waals surface area (Å²) < 4.78 is 11.4. The molecular weight excluding hydrogens is 380 g/mol. The molecule has 168 valence electrons. The fourth-order valence-corrected chi connectivity index (χ4v) is 8.31. The Morgan fingerprint density at radius 2 is 1.63 bits per heavy atom. The van der Waals surface area contributed by atoms with Crippen molar-refractivity contribution in [3.05, 3.63) is 0 Å². The topological polar surface area (TPSA) is 69.7 Å². The molecule has 0 bridgehead atoms. The van der Waals surface area contributed by atoms with Gasteiger partial charge in [0.15, 0.2) is 11.4 Å².